The number of hydrogen-bond donors (Lipinski definition) is 1. The lowest BCUT2D eigenvalue weighted by molar-refractivity contribution is -0.137. The number of nitrogens with zero attached hydrogens (tertiary/aromatic N) is 5. The summed E-state index contributed by atoms with van der Waals surface area (Å²) < 4.78 is 36.7. The third-order valence-corrected chi connectivity index (χ3v) is 8.94. The van der Waals surface area contributed by atoms with Crippen LogP contribution in [0.4, 0.5) is 5.69 Å². The molecule has 1 aliphatic heterocycles. The molecule has 0 amide bonds. The third-order valence-electron chi connectivity index (χ3n) is 7.14. The Morgan fingerprint density at radius 1 is 1.21 bits per heavy atom. The van der Waals surface area contributed by atoms with Gasteiger partial charge < -0.3 is 9.84 Å². The lowest BCUT2D eigenvalue weighted by atomic mass is 9.85. The van der Waals surface area contributed by atoms with Crippen LogP contribution in [0.15, 0.2) is 53.6 Å². The first kappa shape index (κ1) is 25.7. The molecule has 1 unspecified atom stereocenters. The van der Waals surface area contributed by atoms with Crippen molar-refractivity contribution in [1.29, 1.82) is 0 Å². The van der Waals surface area contributed by atoms with Gasteiger partial charge in [-0.3, -0.25) is 9.10 Å². The van der Waals surface area contributed by atoms with Gasteiger partial charge in [-0.15, -0.1) is 5.10 Å². The zero-order valence-electron chi connectivity index (χ0n) is 21.6. The highest BCUT2D eigenvalue weighted by atomic mass is 32.2. The number of sulfonamides is 1. The normalized spacial score (nSPS) is 17.5. The van der Waals surface area contributed by atoms with Crippen molar-refractivity contribution in [3.05, 3.63) is 70.9 Å². The molecule has 198 valence electrons. The van der Waals surface area contributed by atoms with Gasteiger partial charge in [0.25, 0.3) is 10.0 Å². The number of pyridine rings is 1. The molecule has 2 aromatic heterocycles. The van der Waals surface area contributed by atoms with Crippen LogP contribution in [0.2, 0.25) is 0 Å². The zero-order chi connectivity index (χ0) is 27.2. The van der Waals surface area contributed by atoms with E-state index in [0.717, 1.165) is 22.2 Å². The molecule has 0 spiro atoms. The van der Waals surface area contributed by atoms with E-state index < -0.39 is 28.0 Å². The molecular weight excluding hydrogens is 506 g/mol. The molecular formula is C27H29N5O5S. The molecule has 10 nitrogen and oxygen atoms in total. The maximum Gasteiger partial charge on any atom is 0.304 e. The lowest BCUT2D eigenvalue weighted by Crippen LogP contribution is -2.37. The Morgan fingerprint density at radius 2 is 2.00 bits per heavy atom. The van der Waals surface area contributed by atoms with Crippen LogP contribution in [0, 0.1) is 13.8 Å². The SMILES string of the molecule is CC[C@@H]1CN(c2cc(C(CC(=O)O)c3ccc4c(nnn4C)c3C)ccc2C)S(=O)(=O)c2cccnc2O1. The second kappa shape index (κ2) is 9.71. The molecule has 0 radical (unpaired) electrons. The highest BCUT2D eigenvalue weighted by molar-refractivity contribution is 7.93. The summed E-state index contributed by atoms with van der Waals surface area (Å²) in [4.78, 5) is 16.2. The van der Waals surface area contributed by atoms with Gasteiger partial charge in [-0.05, 0) is 66.8 Å². The van der Waals surface area contributed by atoms with Crippen molar-refractivity contribution in [1.82, 2.24) is 20.0 Å². The smallest absolute Gasteiger partial charge is 0.304 e. The fourth-order valence-corrected chi connectivity index (χ4v) is 6.65. The van der Waals surface area contributed by atoms with E-state index >= 15 is 0 Å². The van der Waals surface area contributed by atoms with Crippen molar-refractivity contribution in [2.45, 2.75) is 50.5 Å². The Balaban J connectivity index is 1.66. The van der Waals surface area contributed by atoms with Crippen molar-refractivity contribution in [3.8, 4) is 5.88 Å². The Kier molecular flexibility index (Phi) is 6.56. The lowest BCUT2D eigenvalue weighted by Gasteiger charge is -2.27. The number of carboxylic acids is 1. The molecule has 0 aliphatic carbocycles. The number of rotatable bonds is 6. The topological polar surface area (TPSA) is 128 Å². The summed E-state index contributed by atoms with van der Waals surface area (Å²) in [7, 11) is -2.19. The molecule has 2 aromatic carbocycles. The van der Waals surface area contributed by atoms with E-state index in [1.807, 2.05) is 45.0 Å². The van der Waals surface area contributed by atoms with E-state index in [2.05, 4.69) is 15.3 Å². The first-order valence-corrected chi connectivity index (χ1v) is 13.8. The van der Waals surface area contributed by atoms with Crippen molar-refractivity contribution in [2.75, 3.05) is 10.8 Å². The van der Waals surface area contributed by atoms with Gasteiger partial charge >= 0.3 is 5.97 Å². The van der Waals surface area contributed by atoms with Crippen molar-refractivity contribution in [3.63, 3.8) is 0 Å². The predicted octanol–water partition coefficient (Wildman–Crippen LogP) is 3.95. The molecule has 38 heavy (non-hydrogen) atoms. The molecule has 1 aliphatic rings. The number of carbonyl (C=O) groups is 1. The number of aryl methyl sites for hydroxylation is 3. The largest absolute Gasteiger partial charge is 0.481 e. The van der Waals surface area contributed by atoms with Crippen LogP contribution in [0.25, 0.3) is 11.0 Å². The van der Waals surface area contributed by atoms with Gasteiger partial charge in [0.1, 0.15) is 16.5 Å². The minimum absolute atomic E-state index is 0.00628. The molecule has 3 heterocycles. The van der Waals surface area contributed by atoms with Gasteiger partial charge in [0.2, 0.25) is 5.88 Å². The van der Waals surface area contributed by atoms with E-state index in [1.165, 1.54) is 16.6 Å². The van der Waals surface area contributed by atoms with Crippen LogP contribution in [-0.2, 0) is 21.9 Å². The fourth-order valence-electron chi connectivity index (χ4n) is 5.02. The Hall–Kier alpha value is -3.99. The quantitative estimate of drug-likeness (QED) is 0.393. The molecule has 1 N–H and O–H groups in total. The summed E-state index contributed by atoms with van der Waals surface area (Å²) in [6.45, 7) is 5.78. The van der Waals surface area contributed by atoms with Crippen LogP contribution in [-0.4, -0.2) is 52.1 Å². The number of benzene rings is 2. The molecule has 11 heteroatoms. The Labute approximate surface area is 220 Å². The Bertz CT molecular complexity index is 1650. The van der Waals surface area contributed by atoms with Crippen LogP contribution < -0.4 is 9.04 Å². The minimum Gasteiger partial charge on any atom is -0.481 e. The van der Waals surface area contributed by atoms with Gasteiger partial charge in [-0.2, -0.15) is 0 Å². The summed E-state index contributed by atoms with van der Waals surface area (Å²) >= 11 is 0. The summed E-state index contributed by atoms with van der Waals surface area (Å²) in [5, 5.41) is 18.2. The van der Waals surface area contributed by atoms with E-state index in [-0.39, 0.29) is 23.7 Å². The zero-order valence-corrected chi connectivity index (χ0v) is 22.4. The molecule has 0 bridgehead atoms. The predicted molar refractivity (Wildman–Crippen MR) is 142 cm³/mol. The maximum atomic E-state index is 13.9. The van der Waals surface area contributed by atoms with Crippen molar-refractivity contribution >= 4 is 32.7 Å². The van der Waals surface area contributed by atoms with Crippen LogP contribution in [0.3, 0.4) is 0 Å². The van der Waals surface area contributed by atoms with Crippen molar-refractivity contribution < 1.29 is 23.1 Å². The number of aliphatic carboxylic acids is 1. The minimum atomic E-state index is -3.99. The number of carboxylic acid groups (broad SMARTS) is 1. The van der Waals surface area contributed by atoms with E-state index in [0.29, 0.717) is 23.2 Å². The van der Waals surface area contributed by atoms with E-state index in [4.69, 9.17) is 4.74 Å². The number of fused-ring (bicyclic) bond motifs is 2. The highest BCUT2D eigenvalue weighted by Crippen LogP contribution is 2.39. The number of ether oxygens (including phenoxy) is 1. The maximum absolute atomic E-state index is 13.9. The van der Waals surface area contributed by atoms with E-state index in [1.54, 1.807) is 23.9 Å². The number of aromatic nitrogens is 4. The summed E-state index contributed by atoms with van der Waals surface area (Å²) in [6.07, 6.45) is 1.52. The van der Waals surface area contributed by atoms with Gasteiger partial charge in [0.05, 0.1) is 24.2 Å². The monoisotopic (exact) mass is 535 g/mol. The van der Waals surface area contributed by atoms with Crippen LogP contribution >= 0.6 is 0 Å². The molecule has 0 fully saturated rings. The molecule has 0 saturated carbocycles. The summed E-state index contributed by atoms with van der Waals surface area (Å²) in [5.74, 6) is -1.40. The van der Waals surface area contributed by atoms with Gasteiger partial charge in [0.15, 0.2) is 0 Å². The standard InChI is InChI=1S/C27H29N5O5S/c1-5-19-15-32(38(35,36)24-7-6-12-28-27(24)37-19)23-13-18(9-8-16(23)2)21(14-25(33)34)20-10-11-22-26(17(20)3)29-30-31(22)4/h6-13,19,21H,5,14-15H2,1-4H3,(H,33,34)/t19-,21?/m1/s1. The summed E-state index contributed by atoms with van der Waals surface area (Å²) in [5.41, 5.74) is 5.11. The second-order valence-electron chi connectivity index (χ2n) is 9.55. The van der Waals surface area contributed by atoms with E-state index in [9.17, 15) is 18.3 Å². The van der Waals surface area contributed by atoms with Crippen LogP contribution in [0.1, 0.15) is 47.9 Å². The van der Waals surface area contributed by atoms with Crippen LogP contribution in [0.5, 0.6) is 5.88 Å². The first-order valence-electron chi connectivity index (χ1n) is 12.4. The molecule has 4 aromatic rings. The average molecular weight is 536 g/mol. The van der Waals surface area contributed by atoms with Crippen molar-refractivity contribution in [2.24, 2.45) is 7.05 Å². The van der Waals surface area contributed by atoms with Gasteiger partial charge in [-0.1, -0.05) is 30.3 Å². The average Bonchev–Trinajstić information content (AvgIpc) is 3.22. The first-order chi connectivity index (χ1) is 18.1. The van der Waals surface area contributed by atoms with Gasteiger partial charge in [0, 0.05) is 19.2 Å². The molecule has 5 rings (SSSR count). The Morgan fingerprint density at radius 3 is 2.74 bits per heavy atom. The molecule has 2 atom stereocenters. The highest BCUT2D eigenvalue weighted by Gasteiger charge is 2.36. The summed E-state index contributed by atoms with van der Waals surface area (Å²) in [6, 6.07) is 12.3. The van der Waals surface area contributed by atoms with Gasteiger partial charge in [-0.25, -0.2) is 18.1 Å². The third kappa shape index (κ3) is 4.36. The fraction of sp³-hybridized carbons (Fsp3) is 0.333. The number of hydrogen-bond acceptors (Lipinski definition) is 7. The second-order valence-corrected chi connectivity index (χ2v) is 11.4. The molecule has 0 saturated heterocycles. The number of anilines is 1.